The molecule has 1 unspecified atom stereocenters. The Labute approximate surface area is 194 Å². The van der Waals surface area contributed by atoms with E-state index in [1.807, 2.05) is 13.8 Å². The second-order valence-corrected chi connectivity index (χ2v) is 9.34. The van der Waals surface area contributed by atoms with Crippen molar-refractivity contribution in [1.29, 1.82) is 0 Å². The second-order valence-electron chi connectivity index (χ2n) is 9.34. The van der Waals surface area contributed by atoms with E-state index in [-0.39, 0.29) is 25.0 Å². The Hall–Kier alpha value is -1.91. The maximum Gasteiger partial charge on any atom is 0.223 e. The Balaban J connectivity index is 2.11. The molecular weight excluding hydrogens is 398 g/mol. The molecular formula is C28H43NO3. The maximum absolute atomic E-state index is 12.4. The van der Waals surface area contributed by atoms with Gasteiger partial charge in [0.1, 0.15) is 0 Å². The van der Waals surface area contributed by atoms with Gasteiger partial charge in [0.05, 0.1) is 18.8 Å². The van der Waals surface area contributed by atoms with Crippen LogP contribution in [-0.4, -0.2) is 34.9 Å². The van der Waals surface area contributed by atoms with Gasteiger partial charge in [0.25, 0.3) is 0 Å². The summed E-state index contributed by atoms with van der Waals surface area (Å²) in [6, 6.07) is 12.9. The number of aryl methyl sites for hydroxylation is 2. The van der Waals surface area contributed by atoms with Crippen molar-refractivity contribution in [1.82, 2.24) is 5.32 Å². The van der Waals surface area contributed by atoms with Gasteiger partial charge >= 0.3 is 0 Å². The molecule has 0 aliphatic rings. The van der Waals surface area contributed by atoms with Crippen LogP contribution in [0.15, 0.2) is 36.4 Å². The first-order valence-corrected chi connectivity index (χ1v) is 12.5. The van der Waals surface area contributed by atoms with Crippen molar-refractivity contribution in [2.75, 3.05) is 13.2 Å². The molecule has 4 nitrogen and oxygen atoms in total. The van der Waals surface area contributed by atoms with E-state index in [9.17, 15) is 15.0 Å². The standard InChI is InChI=1S/C28H43NO3/c1-4-6-7-8-9-10-13-23-16-17-24(26-15-12-11-14-25(23)26)18-19-28(20-30,21-31)29-27(32)22(3)5-2/h11-12,14-17,22,30-31H,4-10,13,18-21H2,1-3H3,(H,29,32). The van der Waals surface area contributed by atoms with Gasteiger partial charge in [0.2, 0.25) is 5.91 Å². The highest BCUT2D eigenvalue weighted by Gasteiger charge is 2.31. The average Bonchev–Trinajstić information content (AvgIpc) is 2.83. The largest absolute Gasteiger partial charge is 0.394 e. The van der Waals surface area contributed by atoms with Gasteiger partial charge < -0.3 is 15.5 Å². The van der Waals surface area contributed by atoms with Gasteiger partial charge in [-0.05, 0) is 54.0 Å². The summed E-state index contributed by atoms with van der Waals surface area (Å²) >= 11 is 0. The molecule has 1 amide bonds. The Morgan fingerprint density at radius 3 is 2.00 bits per heavy atom. The summed E-state index contributed by atoms with van der Waals surface area (Å²) < 4.78 is 0. The molecule has 1 atom stereocenters. The summed E-state index contributed by atoms with van der Waals surface area (Å²) in [5.41, 5.74) is 1.58. The van der Waals surface area contributed by atoms with Gasteiger partial charge in [-0.3, -0.25) is 4.79 Å². The molecule has 3 N–H and O–H groups in total. The summed E-state index contributed by atoms with van der Waals surface area (Å²) in [5.74, 6) is -0.260. The van der Waals surface area contributed by atoms with Crippen molar-refractivity contribution in [3.63, 3.8) is 0 Å². The van der Waals surface area contributed by atoms with E-state index in [4.69, 9.17) is 0 Å². The van der Waals surface area contributed by atoms with Crippen molar-refractivity contribution < 1.29 is 15.0 Å². The van der Waals surface area contributed by atoms with Crippen molar-refractivity contribution in [3.05, 3.63) is 47.5 Å². The normalized spacial score (nSPS) is 12.8. The molecule has 0 saturated carbocycles. The number of aliphatic hydroxyl groups excluding tert-OH is 2. The molecule has 0 aliphatic heterocycles. The lowest BCUT2D eigenvalue weighted by Gasteiger charge is -2.32. The number of hydrogen-bond acceptors (Lipinski definition) is 3. The Kier molecular flexibility index (Phi) is 11.2. The van der Waals surface area contributed by atoms with Crippen LogP contribution in [0.5, 0.6) is 0 Å². The highest BCUT2D eigenvalue weighted by Crippen LogP contribution is 2.27. The molecule has 4 heteroatoms. The van der Waals surface area contributed by atoms with Crippen LogP contribution in [0.4, 0.5) is 0 Å². The summed E-state index contributed by atoms with van der Waals surface area (Å²) in [5, 5.41) is 25.5. The third-order valence-electron chi connectivity index (χ3n) is 6.83. The number of rotatable bonds is 15. The number of hydrogen-bond donors (Lipinski definition) is 3. The number of unbranched alkanes of at least 4 members (excludes halogenated alkanes) is 5. The molecule has 0 spiro atoms. The SMILES string of the molecule is CCCCCCCCc1ccc(CCC(CO)(CO)NC(=O)C(C)CC)c2ccccc12. The highest BCUT2D eigenvalue weighted by molar-refractivity contribution is 5.88. The first-order valence-electron chi connectivity index (χ1n) is 12.5. The van der Waals surface area contributed by atoms with Crippen molar-refractivity contribution >= 4 is 16.7 Å². The minimum absolute atomic E-state index is 0.116. The minimum Gasteiger partial charge on any atom is -0.394 e. The molecule has 0 heterocycles. The van der Waals surface area contributed by atoms with Gasteiger partial charge in [-0.1, -0.05) is 89.3 Å². The fraction of sp³-hybridized carbons (Fsp3) is 0.607. The zero-order chi connectivity index (χ0) is 23.4. The molecule has 0 fully saturated rings. The highest BCUT2D eigenvalue weighted by atomic mass is 16.3. The monoisotopic (exact) mass is 441 g/mol. The van der Waals surface area contributed by atoms with Crippen LogP contribution in [0.25, 0.3) is 10.8 Å². The van der Waals surface area contributed by atoms with E-state index < -0.39 is 5.54 Å². The number of carbonyl (C=O) groups excluding carboxylic acids is 1. The van der Waals surface area contributed by atoms with E-state index >= 15 is 0 Å². The topological polar surface area (TPSA) is 69.6 Å². The zero-order valence-corrected chi connectivity index (χ0v) is 20.3. The minimum atomic E-state index is -1.00. The van der Waals surface area contributed by atoms with Crippen LogP contribution in [0.3, 0.4) is 0 Å². The van der Waals surface area contributed by atoms with Gasteiger partial charge in [-0.2, -0.15) is 0 Å². The summed E-state index contributed by atoms with van der Waals surface area (Å²) in [4.78, 5) is 12.4. The number of benzene rings is 2. The first-order chi connectivity index (χ1) is 15.5. The number of nitrogens with one attached hydrogen (secondary N) is 1. The van der Waals surface area contributed by atoms with E-state index in [0.717, 1.165) is 12.8 Å². The predicted octanol–water partition coefficient (Wildman–Crippen LogP) is 5.56. The molecule has 0 saturated heterocycles. The first kappa shape index (κ1) is 26.3. The van der Waals surface area contributed by atoms with Crippen LogP contribution in [0.2, 0.25) is 0 Å². The lowest BCUT2D eigenvalue weighted by Crippen LogP contribution is -2.55. The third-order valence-corrected chi connectivity index (χ3v) is 6.83. The number of carbonyl (C=O) groups is 1. The summed E-state index contributed by atoms with van der Waals surface area (Å²) in [6.07, 6.45) is 10.7. The molecule has 2 rings (SSSR count). The third kappa shape index (κ3) is 7.31. The van der Waals surface area contributed by atoms with Crippen LogP contribution in [-0.2, 0) is 17.6 Å². The summed E-state index contributed by atoms with van der Waals surface area (Å²) in [6.45, 7) is 5.52. The van der Waals surface area contributed by atoms with Gasteiger partial charge in [-0.25, -0.2) is 0 Å². The quantitative estimate of drug-likeness (QED) is 0.317. The number of fused-ring (bicyclic) bond motifs is 1. The van der Waals surface area contributed by atoms with Crippen molar-refractivity contribution in [2.24, 2.45) is 5.92 Å². The molecule has 0 bridgehead atoms. The van der Waals surface area contributed by atoms with Gasteiger partial charge in [0.15, 0.2) is 0 Å². The van der Waals surface area contributed by atoms with Crippen LogP contribution in [0, 0.1) is 5.92 Å². The average molecular weight is 442 g/mol. The number of amides is 1. The fourth-order valence-corrected chi connectivity index (χ4v) is 4.25. The molecule has 32 heavy (non-hydrogen) atoms. The molecule has 2 aromatic rings. The second kappa shape index (κ2) is 13.6. The van der Waals surface area contributed by atoms with Gasteiger partial charge in [0, 0.05) is 5.92 Å². The van der Waals surface area contributed by atoms with E-state index in [1.54, 1.807) is 0 Å². The van der Waals surface area contributed by atoms with E-state index in [2.05, 4.69) is 48.6 Å². The van der Waals surface area contributed by atoms with E-state index in [1.165, 1.54) is 60.4 Å². The smallest absolute Gasteiger partial charge is 0.223 e. The van der Waals surface area contributed by atoms with Crippen LogP contribution in [0.1, 0.15) is 83.3 Å². The Bertz CT molecular complexity index is 829. The molecule has 0 aliphatic carbocycles. The molecule has 0 radical (unpaired) electrons. The lowest BCUT2D eigenvalue weighted by atomic mass is 9.88. The van der Waals surface area contributed by atoms with E-state index in [0.29, 0.717) is 12.8 Å². The van der Waals surface area contributed by atoms with Crippen molar-refractivity contribution in [3.8, 4) is 0 Å². The lowest BCUT2D eigenvalue weighted by molar-refractivity contribution is -0.128. The summed E-state index contributed by atoms with van der Waals surface area (Å²) in [7, 11) is 0. The predicted molar refractivity (Wildman–Crippen MR) is 134 cm³/mol. The zero-order valence-electron chi connectivity index (χ0n) is 20.3. The maximum atomic E-state index is 12.4. The fourth-order valence-electron chi connectivity index (χ4n) is 4.25. The van der Waals surface area contributed by atoms with Gasteiger partial charge in [-0.15, -0.1) is 0 Å². The molecule has 0 aromatic heterocycles. The van der Waals surface area contributed by atoms with Crippen LogP contribution < -0.4 is 5.32 Å². The van der Waals surface area contributed by atoms with Crippen LogP contribution >= 0.6 is 0 Å². The number of aliphatic hydroxyl groups is 2. The molecule has 2 aromatic carbocycles. The van der Waals surface area contributed by atoms with Crippen molar-refractivity contribution in [2.45, 2.75) is 90.5 Å². The Morgan fingerprint density at radius 1 is 0.875 bits per heavy atom. The molecule has 178 valence electrons. The Morgan fingerprint density at radius 2 is 1.44 bits per heavy atom.